The van der Waals surface area contributed by atoms with E-state index < -0.39 is 0 Å². The summed E-state index contributed by atoms with van der Waals surface area (Å²) in [6, 6.07) is 1.45. The van der Waals surface area contributed by atoms with Crippen LogP contribution in [0.15, 0.2) is 0 Å². The van der Waals surface area contributed by atoms with Crippen molar-refractivity contribution in [2.24, 2.45) is 5.92 Å². The summed E-state index contributed by atoms with van der Waals surface area (Å²) in [6.45, 7) is 12.4. The Bertz CT molecular complexity index is 243. The number of morpholine rings is 1. The third-order valence-corrected chi connectivity index (χ3v) is 4.68. The smallest absolute Gasteiger partial charge is 0.0594 e. The zero-order chi connectivity index (χ0) is 13.0. The van der Waals surface area contributed by atoms with Gasteiger partial charge in [-0.1, -0.05) is 6.92 Å². The Hall–Kier alpha value is -0.160. The van der Waals surface area contributed by atoms with E-state index in [1.807, 2.05) is 7.05 Å². The van der Waals surface area contributed by atoms with Crippen LogP contribution in [-0.2, 0) is 4.74 Å². The van der Waals surface area contributed by atoms with Gasteiger partial charge in [-0.15, -0.1) is 0 Å². The summed E-state index contributed by atoms with van der Waals surface area (Å²) in [5.74, 6) is 0.721. The summed E-state index contributed by atoms with van der Waals surface area (Å²) in [7, 11) is 2.05. The lowest BCUT2D eigenvalue weighted by Crippen LogP contribution is -2.46. The van der Waals surface area contributed by atoms with Crippen molar-refractivity contribution in [3.63, 3.8) is 0 Å². The lowest BCUT2D eigenvalue weighted by Gasteiger charge is -2.34. The third kappa shape index (κ3) is 3.44. The van der Waals surface area contributed by atoms with Crippen molar-refractivity contribution in [1.29, 1.82) is 0 Å². The normalized spacial score (nSPS) is 30.5. The van der Waals surface area contributed by atoms with Crippen molar-refractivity contribution in [3.05, 3.63) is 0 Å². The Balaban J connectivity index is 1.79. The first-order valence-corrected chi connectivity index (χ1v) is 7.42. The third-order valence-electron chi connectivity index (χ3n) is 4.68. The highest BCUT2D eigenvalue weighted by molar-refractivity contribution is 4.88. The molecule has 0 spiro atoms. The van der Waals surface area contributed by atoms with E-state index in [1.54, 1.807) is 0 Å². The van der Waals surface area contributed by atoms with Gasteiger partial charge in [-0.3, -0.25) is 9.80 Å². The van der Waals surface area contributed by atoms with Crippen LogP contribution >= 0.6 is 0 Å². The van der Waals surface area contributed by atoms with Gasteiger partial charge in [-0.05, 0) is 32.9 Å². The van der Waals surface area contributed by atoms with Crippen molar-refractivity contribution < 1.29 is 4.74 Å². The SMILES string of the molecule is CNCC(C)C(C)N1CCC(N2CCOCC2)C1. The van der Waals surface area contributed by atoms with Crippen molar-refractivity contribution in [2.45, 2.75) is 32.4 Å². The van der Waals surface area contributed by atoms with Crippen LogP contribution in [0, 0.1) is 5.92 Å². The van der Waals surface area contributed by atoms with Gasteiger partial charge in [0, 0.05) is 38.3 Å². The number of rotatable bonds is 5. The van der Waals surface area contributed by atoms with Gasteiger partial charge in [-0.2, -0.15) is 0 Å². The van der Waals surface area contributed by atoms with Crippen LogP contribution in [0.4, 0.5) is 0 Å². The van der Waals surface area contributed by atoms with Gasteiger partial charge in [0.25, 0.3) is 0 Å². The molecule has 0 saturated carbocycles. The van der Waals surface area contributed by atoms with Crippen LogP contribution < -0.4 is 5.32 Å². The fraction of sp³-hybridized carbons (Fsp3) is 1.00. The molecule has 2 rings (SSSR count). The van der Waals surface area contributed by atoms with E-state index in [0.717, 1.165) is 44.8 Å². The predicted molar refractivity (Wildman–Crippen MR) is 74.9 cm³/mol. The van der Waals surface area contributed by atoms with Crippen molar-refractivity contribution in [1.82, 2.24) is 15.1 Å². The topological polar surface area (TPSA) is 27.7 Å². The fourth-order valence-corrected chi connectivity index (χ4v) is 3.23. The van der Waals surface area contributed by atoms with Gasteiger partial charge in [0.05, 0.1) is 13.2 Å². The maximum Gasteiger partial charge on any atom is 0.0594 e. The minimum atomic E-state index is 0.684. The molecule has 106 valence electrons. The van der Waals surface area contributed by atoms with E-state index in [0.29, 0.717) is 6.04 Å². The summed E-state index contributed by atoms with van der Waals surface area (Å²) in [4.78, 5) is 5.29. The van der Waals surface area contributed by atoms with E-state index in [4.69, 9.17) is 4.74 Å². The van der Waals surface area contributed by atoms with Crippen LogP contribution in [0.2, 0.25) is 0 Å². The zero-order valence-corrected chi connectivity index (χ0v) is 12.2. The molecular formula is C14H29N3O. The molecule has 0 radical (unpaired) electrons. The first-order chi connectivity index (χ1) is 8.72. The molecule has 2 aliphatic heterocycles. The molecular weight excluding hydrogens is 226 g/mol. The largest absolute Gasteiger partial charge is 0.379 e. The monoisotopic (exact) mass is 255 g/mol. The first-order valence-electron chi connectivity index (χ1n) is 7.42. The number of ether oxygens (including phenoxy) is 1. The number of likely N-dealkylation sites (tertiary alicyclic amines) is 1. The maximum absolute atomic E-state index is 5.44. The highest BCUT2D eigenvalue weighted by Gasteiger charge is 2.32. The number of nitrogens with zero attached hydrogens (tertiary/aromatic N) is 2. The molecule has 2 heterocycles. The molecule has 0 aromatic heterocycles. The summed E-state index contributed by atoms with van der Waals surface area (Å²) in [5, 5.41) is 3.29. The lowest BCUT2D eigenvalue weighted by atomic mass is 10.0. The summed E-state index contributed by atoms with van der Waals surface area (Å²) in [5.41, 5.74) is 0. The summed E-state index contributed by atoms with van der Waals surface area (Å²) in [6.07, 6.45) is 1.33. The average molecular weight is 255 g/mol. The predicted octanol–water partition coefficient (Wildman–Crippen LogP) is 0.637. The molecule has 2 saturated heterocycles. The lowest BCUT2D eigenvalue weighted by molar-refractivity contribution is 0.0172. The van der Waals surface area contributed by atoms with E-state index >= 15 is 0 Å². The second-order valence-electron chi connectivity index (χ2n) is 5.86. The maximum atomic E-state index is 5.44. The second kappa shape index (κ2) is 6.85. The standard InChI is InChI=1S/C14H29N3O/c1-12(10-15-3)13(2)17-5-4-14(11-17)16-6-8-18-9-7-16/h12-15H,4-11H2,1-3H3. The Kier molecular flexibility index (Phi) is 5.42. The minimum Gasteiger partial charge on any atom is -0.379 e. The number of hydrogen-bond donors (Lipinski definition) is 1. The van der Waals surface area contributed by atoms with E-state index in [2.05, 4.69) is 29.0 Å². The van der Waals surface area contributed by atoms with Crippen molar-refractivity contribution >= 4 is 0 Å². The molecule has 3 atom stereocenters. The zero-order valence-electron chi connectivity index (χ0n) is 12.2. The Morgan fingerprint density at radius 3 is 2.61 bits per heavy atom. The molecule has 0 aromatic carbocycles. The van der Waals surface area contributed by atoms with Gasteiger partial charge in [0.2, 0.25) is 0 Å². The molecule has 1 N–H and O–H groups in total. The van der Waals surface area contributed by atoms with Gasteiger partial charge >= 0.3 is 0 Å². The summed E-state index contributed by atoms with van der Waals surface area (Å²) < 4.78 is 5.44. The molecule has 4 nitrogen and oxygen atoms in total. The molecule has 18 heavy (non-hydrogen) atoms. The van der Waals surface area contributed by atoms with Crippen LogP contribution in [0.5, 0.6) is 0 Å². The van der Waals surface area contributed by atoms with E-state index in [-0.39, 0.29) is 0 Å². The van der Waals surface area contributed by atoms with Gasteiger partial charge in [0.1, 0.15) is 0 Å². The number of hydrogen-bond acceptors (Lipinski definition) is 4. The van der Waals surface area contributed by atoms with Crippen molar-refractivity contribution in [2.75, 3.05) is 53.0 Å². The number of nitrogens with one attached hydrogen (secondary N) is 1. The van der Waals surface area contributed by atoms with Crippen LogP contribution in [0.25, 0.3) is 0 Å². The van der Waals surface area contributed by atoms with E-state index in [1.165, 1.54) is 19.5 Å². The fourth-order valence-electron chi connectivity index (χ4n) is 3.23. The first kappa shape index (κ1) is 14.3. The Morgan fingerprint density at radius 1 is 1.22 bits per heavy atom. The van der Waals surface area contributed by atoms with Gasteiger partial charge in [0.15, 0.2) is 0 Å². The Morgan fingerprint density at radius 2 is 1.94 bits per heavy atom. The van der Waals surface area contributed by atoms with Crippen LogP contribution in [-0.4, -0.2) is 74.9 Å². The molecule has 0 bridgehead atoms. The molecule has 0 amide bonds. The highest BCUT2D eigenvalue weighted by atomic mass is 16.5. The van der Waals surface area contributed by atoms with Gasteiger partial charge < -0.3 is 10.1 Å². The molecule has 3 unspecified atom stereocenters. The van der Waals surface area contributed by atoms with Crippen molar-refractivity contribution in [3.8, 4) is 0 Å². The van der Waals surface area contributed by atoms with Crippen LogP contribution in [0.3, 0.4) is 0 Å². The molecule has 0 aliphatic carbocycles. The molecule has 2 aliphatic rings. The summed E-state index contributed by atoms with van der Waals surface area (Å²) >= 11 is 0. The molecule has 4 heteroatoms. The molecule has 2 fully saturated rings. The second-order valence-corrected chi connectivity index (χ2v) is 5.86. The Labute approximate surface area is 112 Å². The quantitative estimate of drug-likeness (QED) is 0.780. The van der Waals surface area contributed by atoms with Crippen LogP contribution in [0.1, 0.15) is 20.3 Å². The average Bonchev–Trinajstić information content (AvgIpc) is 2.89. The van der Waals surface area contributed by atoms with Gasteiger partial charge in [-0.25, -0.2) is 0 Å². The molecule has 0 aromatic rings. The minimum absolute atomic E-state index is 0.684. The highest BCUT2D eigenvalue weighted by Crippen LogP contribution is 2.21. The van der Waals surface area contributed by atoms with E-state index in [9.17, 15) is 0 Å².